The monoisotopic (exact) mass is 237 g/mol. The van der Waals surface area contributed by atoms with Crippen LogP contribution in [0, 0.1) is 6.92 Å². The molecule has 3 nitrogen and oxygen atoms in total. The number of aromatic nitrogens is 3. The molecule has 0 amide bonds. The Kier molecular flexibility index (Phi) is 3.44. The first kappa shape index (κ1) is 11.4. The van der Waals surface area contributed by atoms with Gasteiger partial charge in [-0.25, -0.2) is 4.98 Å². The van der Waals surface area contributed by atoms with Crippen LogP contribution in [-0.4, -0.2) is 14.5 Å². The first-order valence-corrected chi connectivity index (χ1v) is 6.08. The van der Waals surface area contributed by atoms with Crippen molar-refractivity contribution in [3.05, 3.63) is 23.2 Å². The van der Waals surface area contributed by atoms with Gasteiger partial charge < -0.3 is 4.57 Å². The van der Waals surface area contributed by atoms with Gasteiger partial charge in [0.25, 0.3) is 0 Å². The normalized spacial score (nSPS) is 11.2. The van der Waals surface area contributed by atoms with E-state index in [0.717, 1.165) is 17.6 Å². The summed E-state index contributed by atoms with van der Waals surface area (Å²) in [5, 5.41) is 1.42. The van der Waals surface area contributed by atoms with Gasteiger partial charge in [0.05, 0.1) is 0 Å². The van der Waals surface area contributed by atoms with Crippen LogP contribution in [0.1, 0.15) is 31.7 Å². The van der Waals surface area contributed by atoms with Gasteiger partial charge in [-0.2, -0.15) is 4.98 Å². The Hall–Kier alpha value is -1.09. The lowest BCUT2D eigenvalue weighted by Gasteiger charge is -2.03. The van der Waals surface area contributed by atoms with Crippen LogP contribution >= 0.6 is 11.6 Å². The Labute approximate surface area is 100 Å². The molecule has 0 spiro atoms. The molecule has 86 valence electrons. The Balaban J connectivity index is 2.33. The Morgan fingerprint density at radius 1 is 1.38 bits per heavy atom. The zero-order chi connectivity index (χ0) is 11.5. The second kappa shape index (κ2) is 4.83. The van der Waals surface area contributed by atoms with E-state index in [1.54, 1.807) is 6.20 Å². The van der Waals surface area contributed by atoms with Crippen molar-refractivity contribution in [2.45, 2.75) is 39.7 Å². The topological polar surface area (TPSA) is 30.7 Å². The maximum atomic E-state index is 5.83. The molecule has 2 rings (SSSR count). The molecule has 0 bridgehead atoms. The zero-order valence-corrected chi connectivity index (χ0v) is 10.5. The lowest BCUT2D eigenvalue weighted by Crippen LogP contribution is -1.97. The summed E-state index contributed by atoms with van der Waals surface area (Å²) in [4.78, 5) is 8.31. The summed E-state index contributed by atoms with van der Waals surface area (Å²) in [6.45, 7) is 5.29. The highest BCUT2D eigenvalue weighted by Crippen LogP contribution is 2.20. The predicted octanol–water partition coefficient (Wildman–Crippen LogP) is 3.58. The summed E-state index contributed by atoms with van der Waals surface area (Å²) in [5.41, 5.74) is 2.16. The molecule has 0 aliphatic heterocycles. The highest BCUT2D eigenvalue weighted by atomic mass is 35.5. The third-order valence-corrected chi connectivity index (χ3v) is 2.97. The third-order valence-electron chi connectivity index (χ3n) is 2.79. The number of halogens is 1. The highest BCUT2D eigenvalue weighted by molar-refractivity contribution is 6.28. The van der Waals surface area contributed by atoms with Crippen LogP contribution in [-0.2, 0) is 6.54 Å². The van der Waals surface area contributed by atoms with Crippen molar-refractivity contribution in [2.24, 2.45) is 0 Å². The molecular weight excluding hydrogens is 222 g/mol. The number of hydrogen-bond acceptors (Lipinski definition) is 2. The minimum absolute atomic E-state index is 0.322. The van der Waals surface area contributed by atoms with Crippen molar-refractivity contribution in [1.29, 1.82) is 0 Å². The van der Waals surface area contributed by atoms with E-state index in [9.17, 15) is 0 Å². The summed E-state index contributed by atoms with van der Waals surface area (Å²) in [5.74, 6) is 0. The molecule has 0 atom stereocenters. The average Bonchev–Trinajstić information content (AvgIpc) is 2.56. The molecule has 4 heteroatoms. The van der Waals surface area contributed by atoms with Crippen molar-refractivity contribution in [3.8, 4) is 0 Å². The van der Waals surface area contributed by atoms with Crippen molar-refractivity contribution in [3.63, 3.8) is 0 Å². The molecule has 0 radical (unpaired) electrons. The van der Waals surface area contributed by atoms with Gasteiger partial charge in [-0.3, -0.25) is 0 Å². The van der Waals surface area contributed by atoms with Gasteiger partial charge in [0.1, 0.15) is 5.65 Å². The molecule has 0 aromatic carbocycles. The van der Waals surface area contributed by atoms with E-state index in [4.69, 9.17) is 11.6 Å². The molecule has 16 heavy (non-hydrogen) atoms. The van der Waals surface area contributed by atoms with Crippen LogP contribution in [0.25, 0.3) is 11.0 Å². The van der Waals surface area contributed by atoms with Crippen LogP contribution in [0.4, 0.5) is 0 Å². The zero-order valence-electron chi connectivity index (χ0n) is 9.70. The summed E-state index contributed by atoms with van der Waals surface area (Å²) >= 11 is 5.83. The maximum Gasteiger partial charge on any atom is 0.224 e. The fourth-order valence-corrected chi connectivity index (χ4v) is 2.05. The molecule has 0 fully saturated rings. The van der Waals surface area contributed by atoms with Crippen LogP contribution in [0.5, 0.6) is 0 Å². The van der Waals surface area contributed by atoms with Gasteiger partial charge in [-0.05, 0) is 30.5 Å². The van der Waals surface area contributed by atoms with E-state index in [1.165, 1.54) is 24.8 Å². The van der Waals surface area contributed by atoms with Crippen LogP contribution < -0.4 is 0 Å². The smallest absolute Gasteiger partial charge is 0.224 e. The maximum absolute atomic E-state index is 5.83. The Morgan fingerprint density at radius 2 is 2.19 bits per heavy atom. The summed E-state index contributed by atoms with van der Waals surface area (Å²) in [6.07, 6.45) is 7.59. The molecule has 2 aromatic heterocycles. The van der Waals surface area contributed by atoms with Crippen molar-refractivity contribution >= 4 is 22.6 Å². The lowest BCUT2D eigenvalue weighted by molar-refractivity contribution is 0.612. The van der Waals surface area contributed by atoms with E-state index >= 15 is 0 Å². The summed E-state index contributed by atoms with van der Waals surface area (Å²) < 4.78 is 2.17. The second-order valence-corrected chi connectivity index (χ2v) is 4.43. The van der Waals surface area contributed by atoms with E-state index in [2.05, 4.69) is 34.6 Å². The van der Waals surface area contributed by atoms with E-state index in [-0.39, 0.29) is 0 Å². The standard InChI is InChI=1S/C12H16ClN3/c1-3-4-5-6-16-8-9(2)10-7-14-12(13)15-11(10)16/h7-8H,3-6H2,1-2H3. The van der Waals surface area contributed by atoms with Crippen molar-refractivity contribution in [2.75, 3.05) is 0 Å². The predicted molar refractivity (Wildman–Crippen MR) is 66.8 cm³/mol. The number of aryl methyl sites for hydroxylation is 2. The van der Waals surface area contributed by atoms with Gasteiger partial charge >= 0.3 is 0 Å². The molecule has 2 heterocycles. The molecular formula is C12H16ClN3. The Morgan fingerprint density at radius 3 is 2.94 bits per heavy atom. The quantitative estimate of drug-likeness (QED) is 0.601. The van der Waals surface area contributed by atoms with E-state index in [1.807, 2.05) is 0 Å². The van der Waals surface area contributed by atoms with Gasteiger partial charge in [-0.1, -0.05) is 19.8 Å². The number of unbranched alkanes of at least 4 members (excludes halogenated alkanes) is 2. The van der Waals surface area contributed by atoms with Crippen molar-refractivity contribution < 1.29 is 0 Å². The fraction of sp³-hybridized carbons (Fsp3) is 0.500. The number of fused-ring (bicyclic) bond motifs is 1. The first-order chi connectivity index (χ1) is 7.72. The molecule has 0 saturated heterocycles. The summed E-state index contributed by atoms with van der Waals surface area (Å²) in [6, 6.07) is 0. The van der Waals surface area contributed by atoms with Crippen LogP contribution in [0.2, 0.25) is 5.28 Å². The largest absolute Gasteiger partial charge is 0.332 e. The van der Waals surface area contributed by atoms with Gasteiger partial charge in [-0.15, -0.1) is 0 Å². The molecule has 0 N–H and O–H groups in total. The molecule has 2 aromatic rings. The lowest BCUT2D eigenvalue weighted by atomic mass is 10.2. The minimum Gasteiger partial charge on any atom is -0.332 e. The van der Waals surface area contributed by atoms with Gasteiger partial charge in [0, 0.05) is 24.3 Å². The van der Waals surface area contributed by atoms with E-state index in [0.29, 0.717) is 5.28 Å². The summed E-state index contributed by atoms with van der Waals surface area (Å²) in [7, 11) is 0. The molecule has 0 saturated carbocycles. The van der Waals surface area contributed by atoms with Gasteiger partial charge in [0.2, 0.25) is 5.28 Å². The number of hydrogen-bond donors (Lipinski definition) is 0. The second-order valence-electron chi connectivity index (χ2n) is 4.09. The Bertz CT molecular complexity index is 490. The minimum atomic E-state index is 0.322. The van der Waals surface area contributed by atoms with Crippen LogP contribution in [0.15, 0.2) is 12.4 Å². The molecule has 0 unspecified atom stereocenters. The van der Waals surface area contributed by atoms with Crippen molar-refractivity contribution in [1.82, 2.24) is 14.5 Å². The van der Waals surface area contributed by atoms with E-state index < -0.39 is 0 Å². The third kappa shape index (κ3) is 2.19. The van der Waals surface area contributed by atoms with Crippen LogP contribution in [0.3, 0.4) is 0 Å². The molecule has 0 aliphatic rings. The molecule has 0 aliphatic carbocycles. The average molecular weight is 238 g/mol. The first-order valence-electron chi connectivity index (χ1n) is 5.70. The number of rotatable bonds is 4. The fourth-order valence-electron chi connectivity index (χ4n) is 1.92. The highest BCUT2D eigenvalue weighted by Gasteiger charge is 2.07. The van der Waals surface area contributed by atoms with Gasteiger partial charge in [0.15, 0.2) is 0 Å². The number of nitrogens with zero attached hydrogens (tertiary/aromatic N) is 3. The SMILES string of the molecule is CCCCCn1cc(C)c2cnc(Cl)nc21.